The van der Waals surface area contributed by atoms with Gasteiger partial charge in [-0.05, 0) is 33.1 Å². The molecule has 0 aromatic rings. The summed E-state index contributed by atoms with van der Waals surface area (Å²) in [6.45, 7) is 5.21. The third-order valence-corrected chi connectivity index (χ3v) is 2.75. The van der Waals surface area contributed by atoms with Crippen molar-refractivity contribution in [3.8, 4) is 0 Å². The summed E-state index contributed by atoms with van der Waals surface area (Å²) in [5.41, 5.74) is 0.0343. The molecule has 0 bridgehead atoms. The molecule has 1 fully saturated rings. The molecule has 0 aromatic carbocycles. The molecule has 1 N–H and O–H groups in total. The largest absolute Gasteiger partial charge is 0.396 e. The molecule has 0 aliphatic carbocycles. The number of nitrogens with zero attached hydrogens (tertiary/aromatic N) is 1. The molecule has 0 saturated carbocycles. The average Bonchev–Trinajstić information content (AvgIpc) is 2.41. The van der Waals surface area contributed by atoms with Crippen LogP contribution < -0.4 is 0 Å². The first-order chi connectivity index (χ1) is 6.08. The van der Waals surface area contributed by atoms with E-state index in [-0.39, 0.29) is 18.1 Å². The lowest BCUT2D eigenvalue weighted by molar-refractivity contribution is -0.134. The molecule has 3 nitrogen and oxygen atoms in total. The zero-order valence-electron chi connectivity index (χ0n) is 8.55. The standard InChI is InChI=1S/C10H19NO2/c1-10(2)6-4-7-11(10)9(13)5-3-8-12/h12H,3-8H2,1-2H3. The van der Waals surface area contributed by atoms with Crippen molar-refractivity contribution in [2.45, 2.75) is 45.1 Å². The number of carbonyl (C=O) groups excluding carboxylic acids is 1. The van der Waals surface area contributed by atoms with Gasteiger partial charge in [0.05, 0.1) is 0 Å². The molecule has 1 amide bonds. The molecule has 0 radical (unpaired) electrons. The van der Waals surface area contributed by atoms with E-state index in [0.717, 1.165) is 19.4 Å². The Hall–Kier alpha value is -0.570. The number of aliphatic hydroxyl groups is 1. The van der Waals surface area contributed by atoms with E-state index in [0.29, 0.717) is 12.8 Å². The van der Waals surface area contributed by atoms with Crippen LogP contribution >= 0.6 is 0 Å². The van der Waals surface area contributed by atoms with Crippen LogP contribution in [0.2, 0.25) is 0 Å². The second-order valence-electron chi connectivity index (χ2n) is 4.29. The minimum Gasteiger partial charge on any atom is -0.396 e. The minimum atomic E-state index is 0.0343. The lowest BCUT2D eigenvalue weighted by atomic mass is 10.0. The van der Waals surface area contributed by atoms with Gasteiger partial charge in [-0.25, -0.2) is 0 Å². The summed E-state index contributed by atoms with van der Waals surface area (Å²) in [5, 5.41) is 8.62. The van der Waals surface area contributed by atoms with Crippen molar-refractivity contribution in [1.82, 2.24) is 4.90 Å². The summed E-state index contributed by atoms with van der Waals surface area (Å²) in [6, 6.07) is 0. The third-order valence-electron chi connectivity index (χ3n) is 2.75. The van der Waals surface area contributed by atoms with Crippen molar-refractivity contribution < 1.29 is 9.90 Å². The Morgan fingerprint density at radius 3 is 2.69 bits per heavy atom. The van der Waals surface area contributed by atoms with E-state index in [9.17, 15) is 4.79 Å². The molecule has 76 valence electrons. The van der Waals surface area contributed by atoms with Gasteiger partial charge in [-0.3, -0.25) is 4.79 Å². The summed E-state index contributed by atoms with van der Waals surface area (Å²) in [6.07, 6.45) is 3.28. The van der Waals surface area contributed by atoms with Crippen molar-refractivity contribution in [1.29, 1.82) is 0 Å². The molecule has 1 aliphatic rings. The molecular formula is C10H19NO2. The number of carbonyl (C=O) groups is 1. The van der Waals surface area contributed by atoms with Crippen LogP contribution in [0.3, 0.4) is 0 Å². The van der Waals surface area contributed by atoms with Crippen LogP contribution in [-0.2, 0) is 4.79 Å². The summed E-state index contributed by atoms with van der Waals surface area (Å²) < 4.78 is 0. The zero-order valence-corrected chi connectivity index (χ0v) is 8.55. The van der Waals surface area contributed by atoms with Gasteiger partial charge in [0.2, 0.25) is 5.91 Å². The van der Waals surface area contributed by atoms with E-state index >= 15 is 0 Å². The fraction of sp³-hybridized carbons (Fsp3) is 0.900. The van der Waals surface area contributed by atoms with Crippen LogP contribution in [0.25, 0.3) is 0 Å². The van der Waals surface area contributed by atoms with Crippen molar-refractivity contribution >= 4 is 5.91 Å². The van der Waals surface area contributed by atoms with Gasteiger partial charge in [-0.15, -0.1) is 0 Å². The first-order valence-corrected chi connectivity index (χ1v) is 4.99. The van der Waals surface area contributed by atoms with E-state index in [2.05, 4.69) is 13.8 Å². The van der Waals surface area contributed by atoms with Gasteiger partial charge in [0.15, 0.2) is 0 Å². The maximum Gasteiger partial charge on any atom is 0.223 e. The monoisotopic (exact) mass is 185 g/mol. The van der Waals surface area contributed by atoms with Crippen LogP contribution in [0.4, 0.5) is 0 Å². The second kappa shape index (κ2) is 4.09. The lowest BCUT2D eigenvalue weighted by Crippen LogP contribution is -2.42. The van der Waals surface area contributed by atoms with E-state index in [1.54, 1.807) is 0 Å². The van der Waals surface area contributed by atoms with Crippen LogP contribution in [-0.4, -0.2) is 34.6 Å². The van der Waals surface area contributed by atoms with E-state index < -0.39 is 0 Å². The van der Waals surface area contributed by atoms with Gasteiger partial charge in [0, 0.05) is 25.1 Å². The molecular weight excluding hydrogens is 166 g/mol. The molecule has 1 saturated heterocycles. The van der Waals surface area contributed by atoms with Crippen molar-refractivity contribution in [2.24, 2.45) is 0 Å². The average molecular weight is 185 g/mol. The van der Waals surface area contributed by atoms with Crippen molar-refractivity contribution in [3.05, 3.63) is 0 Å². The Balaban J connectivity index is 2.46. The Labute approximate surface area is 79.7 Å². The lowest BCUT2D eigenvalue weighted by Gasteiger charge is -2.31. The van der Waals surface area contributed by atoms with Crippen LogP contribution in [0.15, 0.2) is 0 Å². The molecule has 0 aromatic heterocycles. The molecule has 1 heterocycles. The Kier molecular flexibility index (Phi) is 3.31. The highest BCUT2D eigenvalue weighted by atomic mass is 16.3. The molecule has 13 heavy (non-hydrogen) atoms. The molecule has 1 rings (SSSR count). The molecule has 0 atom stereocenters. The second-order valence-corrected chi connectivity index (χ2v) is 4.29. The number of likely N-dealkylation sites (tertiary alicyclic amines) is 1. The molecule has 0 spiro atoms. The topological polar surface area (TPSA) is 40.5 Å². The molecule has 0 unspecified atom stereocenters. The molecule has 1 aliphatic heterocycles. The highest BCUT2D eigenvalue weighted by Crippen LogP contribution is 2.28. The highest BCUT2D eigenvalue weighted by Gasteiger charge is 2.34. The SMILES string of the molecule is CC1(C)CCCN1C(=O)CCCO. The zero-order chi connectivity index (χ0) is 9.90. The third kappa shape index (κ3) is 2.44. The summed E-state index contributed by atoms with van der Waals surface area (Å²) in [7, 11) is 0. The minimum absolute atomic E-state index is 0.0343. The smallest absolute Gasteiger partial charge is 0.223 e. The van der Waals surface area contributed by atoms with Gasteiger partial charge >= 0.3 is 0 Å². The van der Waals surface area contributed by atoms with Gasteiger partial charge < -0.3 is 10.0 Å². The highest BCUT2D eigenvalue weighted by molar-refractivity contribution is 5.77. The predicted molar refractivity (Wildman–Crippen MR) is 51.3 cm³/mol. The number of aliphatic hydroxyl groups excluding tert-OH is 1. The number of amides is 1. The maximum absolute atomic E-state index is 11.6. The Bertz CT molecular complexity index is 189. The fourth-order valence-corrected chi connectivity index (χ4v) is 1.93. The predicted octanol–water partition coefficient (Wildman–Crippen LogP) is 1.16. The van der Waals surface area contributed by atoms with Gasteiger partial charge in [0.25, 0.3) is 0 Å². The molecule has 3 heteroatoms. The van der Waals surface area contributed by atoms with Crippen LogP contribution in [0.1, 0.15) is 39.5 Å². The van der Waals surface area contributed by atoms with E-state index in [4.69, 9.17) is 5.11 Å². The fourth-order valence-electron chi connectivity index (χ4n) is 1.93. The summed E-state index contributed by atoms with van der Waals surface area (Å²) in [5.74, 6) is 0.191. The van der Waals surface area contributed by atoms with Gasteiger partial charge in [-0.1, -0.05) is 0 Å². The van der Waals surface area contributed by atoms with E-state index in [1.165, 1.54) is 0 Å². The van der Waals surface area contributed by atoms with Crippen LogP contribution in [0, 0.1) is 0 Å². The van der Waals surface area contributed by atoms with Crippen LogP contribution in [0.5, 0.6) is 0 Å². The van der Waals surface area contributed by atoms with Gasteiger partial charge in [0.1, 0.15) is 0 Å². The Morgan fingerprint density at radius 2 is 2.23 bits per heavy atom. The summed E-state index contributed by atoms with van der Waals surface area (Å²) >= 11 is 0. The maximum atomic E-state index is 11.6. The van der Waals surface area contributed by atoms with Crippen molar-refractivity contribution in [3.63, 3.8) is 0 Å². The number of rotatable bonds is 3. The van der Waals surface area contributed by atoms with Gasteiger partial charge in [-0.2, -0.15) is 0 Å². The quantitative estimate of drug-likeness (QED) is 0.716. The first kappa shape index (κ1) is 10.5. The van der Waals surface area contributed by atoms with E-state index in [1.807, 2.05) is 4.90 Å². The number of hydrogen-bond donors (Lipinski definition) is 1. The van der Waals surface area contributed by atoms with Crippen molar-refractivity contribution in [2.75, 3.05) is 13.2 Å². The first-order valence-electron chi connectivity index (χ1n) is 4.99. The number of hydrogen-bond acceptors (Lipinski definition) is 2. The summed E-state index contributed by atoms with van der Waals surface area (Å²) in [4.78, 5) is 13.6. The normalized spacial score (nSPS) is 20.7. The Morgan fingerprint density at radius 1 is 1.54 bits per heavy atom.